The van der Waals surface area contributed by atoms with Gasteiger partial charge in [0.05, 0.1) is 16.7 Å². The van der Waals surface area contributed by atoms with Gasteiger partial charge in [-0.25, -0.2) is 8.42 Å². The number of piperazine rings is 1. The molecule has 2 atom stereocenters. The van der Waals surface area contributed by atoms with E-state index < -0.39 is 27.8 Å². The second kappa shape index (κ2) is 8.21. The lowest BCUT2D eigenvalue weighted by molar-refractivity contribution is -0.152. The monoisotopic (exact) mass is 408 g/mol. The van der Waals surface area contributed by atoms with Crippen LogP contribution in [0.4, 0.5) is 0 Å². The fourth-order valence-corrected chi connectivity index (χ4v) is 5.64. The molecule has 1 N–H and O–H groups in total. The number of hydrogen-bond acceptors (Lipinski definition) is 4. The number of nitrogens with zero attached hydrogens (tertiary/aromatic N) is 2. The Bertz CT molecular complexity index is 859. The highest BCUT2D eigenvalue weighted by Gasteiger charge is 2.39. The van der Waals surface area contributed by atoms with Crippen LogP contribution >= 0.6 is 0 Å². The minimum absolute atomic E-state index is 0.143. The Morgan fingerprint density at radius 1 is 0.964 bits per heavy atom. The molecule has 1 aromatic carbocycles. The highest BCUT2D eigenvalue weighted by Crippen LogP contribution is 2.32. The maximum Gasteiger partial charge on any atom is 0.307 e. The van der Waals surface area contributed by atoms with Gasteiger partial charge in [-0.05, 0) is 49.9 Å². The highest BCUT2D eigenvalue weighted by atomic mass is 32.2. The predicted molar refractivity (Wildman–Crippen MR) is 104 cm³/mol. The van der Waals surface area contributed by atoms with E-state index in [9.17, 15) is 23.1 Å². The zero-order chi connectivity index (χ0) is 20.5. The highest BCUT2D eigenvalue weighted by molar-refractivity contribution is 7.89. The van der Waals surface area contributed by atoms with Crippen LogP contribution in [0.25, 0.3) is 0 Å². The maximum atomic E-state index is 12.9. The zero-order valence-electron chi connectivity index (χ0n) is 16.4. The molecule has 0 radical (unpaired) electrons. The summed E-state index contributed by atoms with van der Waals surface area (Å²) in [6, 6.07) is 5.10. The van der Waals surface area contributed by atoms with Gasteiger partial charge < -0.3 is 10.0 Å². The fourth-order valence-electron chi connectivity index (χ4n) is 4.13. The van der Waals surface area contributed by atoms with Gasteiger partial charge in [0.25, 0.3) is 0 Å². The van der Waals surface area contributed by atoms with Crippen LogP contribution in [0, 0.1) is 25.7 Å². The van der Waals surface area contributed by atoms with Crippen molar-refractivity contribution < 1.29 is 23.1 Å². The van der Waals surface area contributed by atoms with Crippen molar-refractivity contribution in [3.8, 4) is 0 Å². The van der Waals surface area contributed by atoms with Crippen LogP contribution in [-0.4, -0.2) is 60.8 Å². The number of carbonyl (C=O) groups excluding carboxylic acids is 1. The van der Waals surface area contributed by atoms with E-state index in [0.29, 0.717) is 25.9 Å². The Hall–Kier alpha value is -1.93. The van der Waals surface area contributed by atoms with E-state index in [4.69, 9.17) is 0 Å². The molecule has 0 bridgehead atoms. The number of aryl methyl sites for hydroxylation is 2. The smallest absolute Gasteiger partial charge is 0.307 e. The first-order chi connectivity index (χ1) is 13.2. The van der Waals surface area contributed by atoms with Crippen LogP contribution in [0.2, 0.25) is 0 Å². The molecule has 8 heteroatoms. The summed E-state index contributed by atoms with van der Waals surface area (Å²) in [5.41, 5.74) is 1.96. The Morgan fingerprint density at radius 2 is 1.57 bits per heavy atom. The Labute approximate surface area is 166 Å². The third-order valence-corrected chi connectivity index (χ3v) is 7.96. The van der Waals surface area contributed by atoms with Gasteiger partial charge in [-0.1, -0.05) is 18.9 Å². The number of aliphatic carboxylic acids is 1. The lowest BCUT2D eigenvalue weighted by Crippen LogP contribution is -2.53. The van der Waals surface area contributed by atoms with E-state index in [0.717, 1.165) is 24.0 Å². The Kier molecular flexibility index (Phi) is 6.09. The average molecular weight is 409 g/mol. The molecular formula is C20H28N2O5S. The Morgan fingerprint density at radius 3 is 2.14 bits per heavy atom. The van der Waals surface area contributed by atoms with Crippen LogP contribution in [0.1, 0.15) is 36.8 Å². The maximum absolute atomic E-state index is 12.9. The number of hydrogen-bond donors (Lipinski definition) is 1. The molecule has 2 aliphatic rings. The standard InChI is InChI=1S/C20H28N2O5S/c1-14-7-8-16(13-15(14)2)28(26,27)22-11-9-21(10-12-22)19(23)17-5-3-4-6-18(17)20(24)25/h7-8,13,17-18H,3-6,9-12H2,1-2H3,(H,24,25)/t17-,18+/m1/s1. The second-order valence-corrected chi connectivity index (χ2v) is 9.75. The van der Waals surface area contributed by atoms with Crippen molar-refractivity contribution in [1.29, 1.82) is 0 Å². The SMILES string of the molecule is Cc1ccc(S(=O)(=O)N2CCN(C(=O)[C@@H]3CCCC[C@@H]3C(=O)O)CC2)cc1C. The second-order valence-electron chi connectivity index (χ2n) is 7.81. The summed E-state index contributed by atoms with van der Waals surface area (Å²) in [5.74, 6) is -2.17. The van der Waals surface area contributed by atoms with Crippen molar-refractivity contribution in [1.82, 2.24) is 9.21 Å². The van der Waals surface area contributed by atoms with Gasteiger partial charge in [0.2, 0.25) is 15.9 Å². The van der Waals surface area contributed by atoms with E-state index >= 15 is 0 Å². The van der Waals surface area contributed by atoms with Crippen molar-refractivity contribution >= 4 is 21.9 Å². The lowest BCUT2D eigenvalue weighted by atomic mass is 9.78. The largest absolute Gasteiger partial charge is 0.481 e. The van der Waals surface area contributed by atoms with Gasteiger partial charge in [-0.3, -0.25) is 9.59 Å². The summed E-state index contributed by atoms with van der Waals surface area (Å²) < 4.78 is 27.2. The van der Waals surface area contributed by atoms with Gasteiger partial charge >= 0.3 is 5.97 Å². The quantitative estimate of drug-likeness (QED) is 0.823. The molecule has 28 heavy (non-hydrogen) atoms. The average Bonchev–Trinajstić information content (AvgIpc) is 2.69. The van der Waals surface area contributed by atoms with E-state index in [-0.39, 0.29) is 23.9 Å². The zero-order valence-corrected chi connectivity index (χ0v) is 17.2. The van der Waals surface area contributed by atoms with Crippen molar-refractivity contribution in [3.05, 3.63) is 29.3 Å². The summed E-state index contributed by atoms with van der Waals surface area (Å²) in [6.07, 6.45) is 2.83. The first-order valence-corrected chi connectivity index (χ1v) is 11.2. The molecule has 7 nitrogen and oxygen atoms in total. The normalized spacial score (nSPS) is 24.1. The first-order valence-electron chi connectivity index (χ1n) is 9.81. The summed E-state index contributed by atoms with van der Waals surface area (Å²) in [5, 5.41) is 9.41. The molecule has 1 saturated carbocycles. The number of amides is 1. The van der Waals surface area contributed by atoms with E-state index in [1.165, 1.54) is 4.31 Å². The summed E-state index contributed by atoms with van der Waals surface area (Å²) >= 11 is 0. The molecule has 0 aromatic heterocycles. The molecule has 0 unspecified atom stereocenters. The minimum Gasteiger partial charge on any atom is -0.481 e. The van der Waals surface area contributed by atoms with Crippen molar-refractivity contribution in [3.63, 3.8) is 0 Å². The van der Waals surface area contributed by atoms with Crippen LogP contribution in [0.3, 0.4) is 0 Å². The van der Waals surface area contributed by atoms with Gasteiger partial charge in [-0.15, -0.1) is 0 Å². The molecule has 2 fully saturated rings. The fraction of sp³-hybridized carbons (Fsp3) is 0.600. The van der Waals surface area contributed by atoms with Crippen molar-refractivity contribution in [2.24, 2.45) is 11.8 Å². The first kappa shape index (κ1) is 20.8. The molecular weight excluding hydrogens is 380 g/mol. The molecule has 1 amide bonds. The van der Waals surface area contributed by atoms with Gasteiger partial charge in [0, 0.05) is 26.2 Å². The van der Waals surface area contributed by atoms with E-state index in [2.05, 4.69) is 0 Å². The molecule has 0 spiro atoms. The summed E-state index contributed by atoms with van der Waals surface area (Å²) in [6.45, 7) is 4.87. The van der Waals surface area contributed by atoms with Crippen molar-refractivity contribution in [2.45, 2.75) is 44.4 Å². The molecule has 1 aliphatic carbocycles. The number of carboxylic acids is 1. The van der Waals surface area contributed by atoms with Crippen LogP contribution < -0.4 is 0 Å². The number of sulfonamides is 1. The third kappa shape index (κ3) is 4.07. The number of carbonyl (C=O) groups is 2. The molecule has 1 aromatic rings. The van der Waals surface area contributed by atoms with E-state index in [1.54, 1.807) is 23.1 Å². The molecule has 154 valence electrons. The van der Waals surface area contributed by atoms with Crippen LogP contribution in [0.15, 0.2) is 23.1 Å². The van der Waals surface area contributed by atoms with E-state index in [1.807, 2.05) is 13.8 Å². The number of carboxylic acid groups (broad SMARTS) is 1. The van der Waals surface area contributed by atoms with Gasteiger partial charge in [-0.2, -0.15) is 4.31 Å². The lowest BCUT2D eigenvalue weighted by Gasteiger charge is -2.38. The molecule has 1 heterocycles. The molecule has 3 rings (SSSR count). The third-order valence-electron chi connectivity index (χ3n) is 6.07. The Balaban J connectivity index is 1.67. The van der Waals surface area contributed by atoms with Crippen molar-refractivity contribution in [2.75, 3.05) is 26.2 Å². The van der Waals surface area contributed by atoms with Crippen LogP contribution in [0.5, 0.6) is 0 Å². The van der Waals surface area contributed by atoms with Gasteiger partial charge in [0.15, 0.2) is 0 Å². The number of benzene rings is 1. The molecule has 1 aliphatic heterocycles. The summed E-state index contributed by atoms with van der Waals surface area (Å²) in [7, 11) is -3.60. The van der Waals surface area contributed by atoms with Gasteiger partial charge in [0.1, 0.15) is 0 Å². The summed E-state index contributed by atoms with van der Waals surface area (Å²) in [4.78, 5) is 26.3. The predicted octanol–water partition coefficient (Wildman–Crippen LogP) is 2.03. The number of rotatable bonds is 4. The van der Waals surface area contributed by atoms with Crippen LogP contribution in [-0.2, 0) is 19.6 Å². The topological polar surface area (TPSA) is 95.0 Å². The molecule has 1 saturated heterocycles. The minimum atomic E-state index is -3.60.